The fourth-order valence-electron chi connectivity index (χ4n) is 1.57. The summed E-state index contributed by atoms with van der Waals surface area (Å²) >= 11 is 1.64. The van der Waals surface area contributed by atoms with Gasteiger partial charge in [-0.25, -0.2) is 0 Å². The summed E-state index contributed by atoms with van der Waals surface area (Å²) in [5, 5.41) is 20.0. The number of hydrogen-bond acceptors (Lipinski definition) is 8. The van der Waals surface area contributed by atoms with E-state index in [-0.39, 0.29) is 0 Å². The van der Waals surface area contributed by atoms with Crippen LogP contribution in [-0.4, -0.2) is 36.3 Å². The van der Waals surface area contributed by atoms with Crippen LogP contribution in [0.3, 0.4) is 0 Å². The molecule has 0 aliphatic heterocycles. The highest BCUT2D eigenvalue weighted by molar-refractivity contribution is 7.98. The van der Waals surface area contributed by atoms with Crippen LogP contribution in [0.5, 0.6) is 0 Å². The van der Waals surface area contributed by atoms with Gasteiger partial charge in [-0.15, -0.1) is 4.91 Å². The molecule has 0 fully saturated rings. The predicted molar refractivity (Wildman–Crippen MR) is 84.3 cm³/mol. The Morgan fingerprint density at radius 3 is 2.91 bits per heavy atom. The number of nitroso groups, excluding NO2 is 1. The quantitative estimate of drug-likeness (QED) is 0.272. The van der Waals surface area contributed by atoms with Gasteiger partial charge in [0.25, 0.3) is 6.20 Å². The van der Waals surface area contributed by atoms with Crippen LogP contribution in [0.25, 0.3) is 0 Å². The Labute approximate surface area is 132 Å². The summed E-state index contributed by atoms with van der Waals surface area (Å²) in [6.07, 6.45) is 0.890. The van der Waals surface area contributed by atoms with Crippen LogP contribution in [0, 0.1) is 15.0 Å². The highest BCUT2D eigenvalue weighted by Gasteiger charge is 2.05. The minimum atomic E-state index is -0.512. The lowest BCUT2D eigenvalue weighted by Crippen LogP contribution is -2.26. The van der Waals surface area contributed by atoms with Gasteiger partial charge in [-0.2, -0.15) is 11.8 Å². The van der Waals surface area contributed by atoms with Gasteiger partial charge >= 0.3 is 0 Å². The third kappa shape index (κ3) is 6.97. The zero-order valence-corrected chi connectivity index (χ0v) is 13.3. The second-order valence-corrected chi connectivity index (χ2v) is 5.43. The van der Waals surface area contributed by atoms with Crippen molar-refractivity contribution in [2.24, 2.45) is 5.29 Å². The molecule has 1 heterocycles. The van der Waals surface area contributed by atoms with E-state index < -0.39 is 4.92 Å². The molecule has 0 bridgehead atoms. The van der Waals surface area contributed by atoms with Gasteiger partial charge in [-0.3, -0.25) is 15.1 Å². The van der Waals surface area contributed by atoms with Gasteiger partial charge in [0.05, 0.1) is 22.5 Å². The van der Waals surface area contributed by atoms with Crippen LogP contribution in [0.1, 0.15) is 11.5 Å². The Bertz CT molecular complexity index is 519. The van der Waals surface area contributed by atoms with Gasteiger partial charge < -0.3 is 15.1 Å². The van der Waals surface area contributed by atoms with Crippen LogP contribution in [0.15, 0.2) is 33.9 Å². The summed E-state index contributed by atoms with van der Waals surface area (Å²) in [6.45, 7) is 0.934. The second-order valence-electron chi connectivity index (χ2n) is 4.32. The van der Waals surface area contributed by atoms with E-state index in [1.165, 1.54) is 5.01 Å². The molecule has 0 amide bonds. The highest BCUT2D eigenvalue weighted by atomic mass is 32.2. The summed E-state index contributed by atoms with van der Waals surface area (Å²) in [4.78, 5) is 20.1. The van der Waals surface area contributed by atoms with Crippen LogP contribution < -0.4 is 10.6 Å². The smallest absolute Gasteiger partial charge is 0.274 e. The van der Waals surface area contributed by atoms with Gasteiger partial charge in [0.2, 0.25) is 0 Å². The standard InChI is InChI=1S/C12H19N5O4S/c1-13-12(8-17(19)20)14-5-6-22-9-11-4-3-10(21-11)7-16(2)15-18/h3-4,8,13-14H,5-7,9H2,1-2H3. The molecular weight excluding hydrogens is 310 g/mol. The van der Waals surface area contributed by atoms with Crippen molar-refractivity contribution < 1.29 is 9.34 Å². The number of rotatable bonds is 11. The summed E-state index contributed by atoms with van der Waals surface area (Å²) in [6, 6.07) is 3.68. The molecule has 1 rings (SSSR count). The van der Waals surface area contributed by atoms with Crippen molar-refractivity contribution in [1.29, 1.82) is 0 Å². The molecule has 22 heavy (non-hydrogen) atoms. The monoisotopic (exact) mass is 329 g/mol. The number of nitrogens with one attached hydrogen (secondary N) is 2. The molecule has 1 aromatic rings. The zero-order valence-electron chi connectivity index (χ0n) is 12.4. The minimum absolute atomic E-state index is 0.340. The normalized spacial score (nSPS) is 11.1. The number of hydrogen-bond donors (Lipinski definition) is 2. The second kappa shape index (κ2) is 9.66. The highest BCUT2D eigenvalue weighted by Crippen LogP contribution is 2.16. The van der Waals surface area contributed by atoms with Crippen molar-refractivity contribution in [2.75, 3.05) is 26.4 Å². The van der Waals surface area contributed by atoms with Crippen molar-refractivity contribution in [3.63, 3.8) is 0 Å². The first-order chi connectivity index (χ1) is 10.5. The average Bonchev–Trinajstić information content (AvgIpc) is 2.92. The third-order valence-corrected chi connectivity index (χ3v) is 3.53. The van der Waals surface area contributed by atoms with E-state index >= 15 is 0 Å². The Balaban J connectivity index is 2.24. The molecule has 0 saturated heterocycles. The van der Waals surface area contributed by atoms with Crippen molar-refractivity contribution in [2.45, 2.75) is 12.3 Å². The van der Waals surface area contributed by atoms with Crippen molar-refractivity contribution >= 4 is 11.8 Å². The SMILES string of the molecule is CNC(=C[N+](=O)[O-])NCCSCc1ccc(CN(C)N=O)o1. The zero-order chi connectivity index (χ0) is 16.4. The first kappa shape index (κ1) is 17.8. The summed E-state index contributed by atoms with van der Waals surface area (Å²) in [5.41, 5.74) is 0. The number of nitro groups is 1. The fraction of sp³-hybridized carbons (Fsp3) is 0.500. The van der Waals surface area contributed by atoms with Crippen LogP contribution >= 0.6 is 11.8 Å². The van der Waals surface area contributed by atoms with Crippen molar-refractivity contribution in [3.8, 4) is 0 Å². The largest absolute Gasteiger partial charge is 0.463 e. The lowest BCUT2D eigenvalue weighted by atomic mass is 10.4. The lowest BCUT2D eigenvalue weighted by molar-refractivity contribution is -0.404. The van der Waals surface area contributed by atoms with Gasteiger partial charge in [-0.05, 0) is 12.1 Å². The van der Waals surface area contributed by atoms with Crippen LogP contribution in [0.2, 0.25) is 0 Å². The number of thioether (sulfide) groups is 1. The first-order valence-corrected chi connectivity index (χ1v) is 7.67. The molecule has 9 nitrogen and oxygen atoms in total. The van der Waals surface area contributed by atoms with E-state index in [2.05, 4.69) is 15.9 Å². The molecule has 1 aromatic heterocycles. The molecule has 122 valence electrons. The Hall–Kier alpha value is -2.23. The lowest BCUT2D eigenvalue weighted by Gasteiger charge is -2.07. The topological polar surface area (TPSA) is 113 Å². The van der Waals surface area contributed by atoms with Gasteiger partial charge in [0.1, 0.15) is 11.5 Å². The molecule has 0 unspecified atom stereocenters. The fourth-order valence-corrected chi connectivity index (χ4v) is 2.32. The molecule has 0 aromatic carbocycles. The summed E-state index contributed by atoms with van der Waals surface area (Å²) < 4.78 is 5.56. The minimum Gasteiger partial charge on any atom is -0.463 e. The molecule has 10 heteroatoms. The molecule has 0 spiro atoms. The van der Waals surface area contributed by atoms with Gasteiger partial charge in [0, 0.05) is 26.4 Å². The van der Waals surface area contributed by atoms with Crippen molar-refractivity contribution in [3.05, 3.63) is 50.7 Å². The van der Waals surface area contributed by atoms with E-state index in [1.54, 1.807) is 25.9 Å². The van der Waals surface area contributed by atoms with Gasteiger partial charge in [-0.1, -0.05) is 0 Å². The van der Waals surface area contributed by atoms with Crippen molar-refractivity contribution in [1.82, 2.24) is 15.6 Å². The molecule has 0 aliphatic rings. The predicted octanol–water partition coefficient (Wildman–Crippen LogP) is 1.51. The third-order valence-electron chi connectivity index (χ3n) is 2.55. The van der Waals surface area contributed by atoms with Crippen LogP contribution in [0.4, 0.5) is 0 Å². The van der Waals surface area contributed by atoms with E-state index in [9.17, 15) is 15.0 Å². The summed E-state index contributed by atoms with van der Waals surface area (Å²) in [5.74, 6) is 3.32. The molecule has 0 radical (unpaired) electrons. The molecule has 0 aliphatic carbocycles. The Morgan fingerprint density at radius 2 is 2.27 bits per heavy atom. The summed E-state index contributed by atoms with van der Waals surface area (Å²) in [7, 11) is 3.19. The molecule has 0 atom stereocenters. The Morgan fingerprint density at radius 1 is 1.55 bits per heavy atom. The molecule has 2 N–H and O–H groups in total. The maximum Gasteiger partial charge on any atom is 0.274 e. The van der Waals surface area contributed by atoms with E-state index in [4.69, 9.17) is 4.42 Å². The number of nitrogens with zero attached hydrogens (tertiary/aromatic N) is 3. The first-order valence-electron chi connectivity index (χ1n) is 6.51. The molecule has 0 saturated carbocycles. The maximum atomic E-state index is 10.3. The van der Waals surface area contributed by atoms with E-state index in [0.717, 1.165) is 17.7 Å². The average molecular weight is 329 g/mol. The van der Waals surface area contributed by atoms with Crippen LogP contribution in [-0.2, 0) is 12.3 Å². The number of furan rings is 1. The Kier molecular flexibility index (Phi) is 7.83. The van der Waals surface area contributed by atoms with E-state index in [0.29, 0.717) is 30.4 Å². The molecular formula is C12H19N5O4S. The van der Waals surface area contributed by atoms with Gasteiger partial charge in [0.15, 0.2) is 5.82 Å². The van der Waals surface area contributed by atoms with E-state index in [1.807, 2.05) is 12.1 Å². The maximum absolute atomic E-state index is 10.3.